The number of fused-ring (bicyclic) bond motifs is 1. The number of carbonyl (C=O) groups is 2. The number of likely N-dealkylation sites (N-methyl/N-ethyl adjacent to an activating group) is 1. The molecule has 0 aromatic heterocycles. The second kappa shape index (κ2) is 7.82. The van der Waals surface area contributed by atoms with Gasteiger partial charge in [0.15, 0.2) is 11.5 Å². The third-order valence-electron chi connectivity index (χ3n) is 3.69. The minimum Gasteiger partial charge on any atom is -1.00 e. The van der Waals surface area contributed by atoms with Crippen LogP contribution in [0.2, 0.25) is 0 Å². The molecule has 1 heterocycles. The number of nitrogens with one attached hydrogen (secondary N) is 2. The van der Waals surface area contributed by atoms with Crippen LogP contribution in [0.15, 0.2) is 12.1 Å². The van der Waals surface area contributed by atoms with Crippen molar-refractivity contribution >= 4 is 12.2 Å². The minimum absolute atomic E-state index is 0. The topological polar surface area (TPSA) is 76.7 Å². The molecule has 2 rings (SSSR count). The first-order chi connectivity index (χ1) is 10.4. The van der Waals surface area contributed by atoms with E-state index in [-0.39, 0.29) is 29.7 Å². The van der Waals surface area contributed by atoms with E-state index in [1.54, 1.807) is 6.07 Å². The summed E-state index contributed by atoms with van der Waals surface area (Å²) in [4.78, 5) is 23.1. The zero-order chi connectivity index (χ0) is 16.3. The van der Waals surface area contributed by atoms with Gasteiger partial charge in [-0.05, 0) is 12.1 Å². The molecule has 0 unspecified atom stereocenters. The largest absolute Gasteiger partial charge is 1.00 e. The standard InChI is InChI=1S/C15H21N3O4.HI/c1-16-14(19)21-12-6-5-10-9-18(3,4)8-7-11(10)13(12)22-15(20)17-2;/h5-6H,7-9H2,1-4H3,(H-,16,17,19,20);1H. The number of ether oxygens (including phenoxy) is 2. The summed E-state index contributed by atoms with van der Waals surface area (Å²) >= 11 is 0. The molecule has 2 amide bonds. The molecule has 0 fully saturated rings. The fourth-order valence-electron chi connectivity index (χ4n) is 2.51. The van der Waals surface area contributed by atoms with Gasteiger partial charge in [-0.3, -0.25) is 0 Å². The van der Waals surface area contributed by atoms with Crippen LogP contribution in [0.3, 0.4) is 0 Å². The lowest BCUT2D eigenvalue weighted by molar-refractivity contribution is -0.905. The normalized spacial score (nSPS) is 14.8. The Bertz CT molecular complexity index is 605. The van der Waals surface area contributed by atoms with E-state index >= 15 is 0 Å². The number of benzene rings is 1. The monoisotopic (exact) mass is 435 g/mol. The summed E-state index contributed by atoms with van der Waals surface area (Å²) in [6.07, 6.45) is -0.442. The maximum absolute atomic E-state index is 11.6. The third kappa shape index (κ3) is 4.71. The fraction of sp³-hybridized carbons (Fsp3) is 0.467. The number of nitrogens with zero attached hydrogens (tertiary/aromatic N) is 1. The van der Waals surface area contributed by atoms with Crippen molar-refractivity contribution < 1.29 is 47.5 Å². The van der Waals surface area contributed by atoms with Crippen molar-refractivity contribution in [3.63, 3.8) is 0 Å². The SMILES string of the molecule is CNC(=O)Oc1ccc2c(c1OC(=O)NC)CC[N+](C)(C)C2.[I-]. The van der Waals surface area contributed by atoms with E-state index in [4.69, 9.17) is 9.47 Å². The Balaban J connectivity index is 0.00000264. The molecule has 8 heteroatoms. The summed E-state index contributed by atoms with van der Waals surface area (Å²) < 4.78 is 11.4. The molecule has 1 aromatic rings. The highest BCUT2D eigenvalue weighted by Crippen LogP contribution is 2.37. The second-order valence-corrected chi connectivity index (χ2v) is 5.88. The number of hydrogen-bond acceptors (Lipinski definition) is 4. The number of rotatable bonds is 2. The first kappa shape index (κ1) is 19.5. The number of hydrogen-bond donors (Lipinski definition) is 2. The average Bonchev–Trinajstić information content (AvgIpc) is 2.48. The summed E-state index contributed by atoms with van der Waals surface area (Å²) in [6.45, 7) is 1.75. The molecular formula is C15H22IN3O4. The van der Waals surface area contributed by atoms with Gasteiger partial charge in [-0.25, -0.2) is 9.59 Å². The van der Waals surface area contributed by atoms with Crippen LogP contribution in [-0.4, -0.2) is 51.4 Å². The Hall–Kier alpha value is -1.55. The molecule has 2 N–H and O–H groups in total. The number of amides is 2. The van der Waals surface area contributed by atoms with Gasteiger partial charge in [0, 0.05) is 31.6 Å². The lowest BCUT2D eigenvalue weighted by Gasteiger charge is -2.35. The summed E-state index contributed by atoms with van der Waals surface area (Å²) in [7, 11) is 7.26. The summed E-state index contributed by atoms with van der Waals surface area (Å²) in [6, 6.07) is 3.58. The summed E-state index contributed by atoms with van der Waals surface area (Å²) in [5.41, 5.74) is 2.02. The van der Waals surface area contributed by atoms with Crippen molar-refractivity contribution in [3.8, 4) is 11.5 Å². The van der Waals surface area contributed by atoms with Crippen molar-refractivity contribution in [2.24, 2.45) is 0 Å². The fourth-order valence-corrected chi connectivity index (χ4v) is 2.51. The van der Waals surface area contributed by atoms with Gasteiger partial charge in [0.25, 0.3) is 0 Å². The predicted octanol–water partition coefficient (Wildman–Crippen LogP) is -1.74. The molecule has 0 saturated carbocycles. The zero-order valence-electron chi connectivity index (χ0n) is 13.7. The van der Waals surface area contributed by atoms with E-state index < -0.39 is 12.2 Å². The van der Waals surface area contributed by atoms with Crippen molar-refractivity contribution in [2.45, 2.75) is 13.0 Å². The van der Waals surface area contributed by atoms with Crippen molar-refractivity contribution in [2.75, 3.05) is 34.7 Å². The van der Waals surface area contributed by atoms with E-state index in [0.717, 1.165) is 35.1 Å². The van der Waals surface area contributed by atoms with Crippen molar-refractivity contribution in [3.05, 3.63) is 23.3 Å². The number of quaternary nitrogens is 1. The Kier molecular flexibility index (Phi) is 6.63. The quantitative estimate of drug-likeness (QED) is 0.428. The van der Waals surface area contributed by atoms with E-state index in [0.29, 0.717) is 5.75 Å². The minimum atomic E-state index is -0.603. The second-order valence-electron chi connectivity index (χ2n) is 5.88. The highest BCUT2D eigenvalue weighted by molar-refractivity contribution is 5.75. The van der Waals surface area contributed by atoms with Crippen LogP contribution in [-0.2, 0) is 13.0 Å². The molecule has 0 atom stereocenters. The highest BCUT2D eigenvalue weighted by Gasteiger charge is 2.29. The Morgan fingerprint density at radius 3 is 2.30 bits per heavy atom. The Morgan fingerprint density at radius 1 is 1.09 bits per heavy atom. The molecule has 1 aromatic carbocycles. The van der Waals surface area contributed by atoms with E-state index in [1.807, 2.05) is 6.07 Å². The van der Waals surface area contributed by atoms with E-state index in [2.05, 4.69) is 24.7 Å². The molecule has 0 radical (unpaired) electrons. The van der Waals surface area contributed by atoms with Crippen LogP contribution in [0.4, 0.5) is 9.59 Å². The van der Waals surface area contributed by atoms with Gasteiger partial charge in [-0.15, -0.1) is 0 Å². The van der Waals surface area contributed by atoms with Crippen LogP contribution in [0.25, 0.3) is 0 Å². The predicted molar refractivity (Wildman–Crippen MR) is 81.0 cm³/mol. The maximum atomic E-state index is 11.6. The Labute approximate surface area is 152 Å². The zero-order valence-corrected chi connectivity index (χ0v) is 15.9. The molecule has 0 bridgehead atoms. The molecule has 0 saturated heterocycles. The van der Waals surface area contributed by atoms with Crippen molar-refractivity contribution in [1.29, 1.82) is 0 Å². The van der Waals surface area contributed by atoms with Gasteiger partial charge < -0.3 is 48.6 Å². The van der Waals surface area contributed by atoms with Gasteiger partial charge in [-0.1, -0.05) is 0 Å². The van der Waals surface area contributed by atoms with Crippen LogP contribution in [0, 0.1) is 0 Å². The van der Waals surface area contributed by atoms with E-state index in [9.17, 15) is 9.59 Å². The average molecular weight is 435 g/mol. The summed E-state index contributed by atoms with van der Waals surface area (Å²) in [5.74, 6) is 0.564. The van der Waals surface area contributed by atoms with Gasteiger partial charge in [0.05, 0.1) is 20.6 Å². The van der Waals surface area contributed by atoms with Gasteiger partial charge >= 0.3 is 12.2 Å². The Morgan fingerprint density at radius 2 is 1.70 bits per heavy atom. The van der Waals surface area contributed by atoms with Gasteiger partial charge in [-0.2, -0.15) is 0 Å². The molecule has 1 aliphatic heterocycles. The van der Waals surface area contributed by atoms with Gasteiger partial charge in [0.2, 0.25) is 0 Å². The lowest BCUT2D eigenvalue weighted by atomic mass is 9.97. The smallest absolute Gasteiger partial charge is 0.412 e. The molecule has 23 heavy (non-hydrogen) atoms. The van der Waals surface area contributed by atoms with Crippen LogP contribution >= 0.6 is 0 Å². The van der Waals surface area contributed by atoms with Crippen LogP contribution in [0.1, 0.15) is 11.1 Å². The summed E-state index contributed by atoms with van der Waals surface area (Å²) in [5, 5.41) is 4.79. The van der Waals surface area contributed by atoms with Crippen LogP contribution < -0.4 is 44.1 Å². The van der Waals surface area contributed by atoms with E-state index in [1.165, 1.54) is 14.1 Å². The lowest BCUT2D eigenvalue weighted by Crippen LogP contribution is -3.00. The van der Waals surface area contributed by atoms with Gasteiger partial charge in [0.1, 0.15) is 6.54 Å². The first-order valence-electron chi connectivity index (χ1n) is 7.12. The van der Waals surface area contributed by atoms with Crippen molar-refractivity contribution in [1.82, 2.24) is 10.6 Å². The number of carbonyl (C=O) groups excluding carboxylic acids is 2. The molecule has 1 aliphatic rings. The maximum Gasteiger partial charge on any atom is 0.412 e. The molecular weight excluding hydrogens is 413 g/mol. The third-order valence-corrected chi connectivity index (χ3v) is 3.69. The highest BCUT2D eigenvalue weighted by atomic mass is 127. The molecule has 7 nitrogen and oxygen atoms in total. The molecule has 0 spiro atoms. The molecule has 128 valence electrons. The van der Waals surface area contributed by atoms with Crippen LogP contribution in [0.5, 0.6) is 11.5 Å². The number of halogens is 1. The molecule has 0 aliphatic carbocycles. The first-order valence-corrected chi connectivity index (χ1v) is 7.12.